The molecule has 110 valence electrons. The number of carbonyl (C=O) groups is 1. The molecule has 0 saturated carbocycles. The topological polar surface area (TPSA) is 59.2 Å². The molecular formula is C17H21N3O. The van der Waals surface area contributed by atoms with E-state index in [0.717, 1.165) is 23.5 Å². The number of hydrogen-bond acceptors (Lipinski definition) is 3. The summed E-state index contributed by atoms with van der Waals surface area (Å²) in [6, 6.07) is 11.1. The van der Waals surface area contributed by atoms with E-state index in [9.17, 15) is 4.79 Å². The Morgan fingerprint density at radius 1 is 1.19 bits per heavy atom. The average molecular weight is 283 g/mol. The van der Waals surface area contributed by atoms with Crippen molar-refractivity contribution in [3.05, 3.63) is 53.3 Å². The number of benzene rings is 1. The average Bonchev–Trinajstić information content (AvgIpc) is 2.45. The summed E-state index contributed by atoms with van der Waals surface area (Å²) in [5.74, 6) is -0.0558. The lowest BCUT2D eigenvalue weighted by molar-refractivity contribution is 0.0986. The van der Waals surface area contributed by atoms with E-state index < -0.39 is 0 Å². The number of carbonyl (C=O) groups excluding carboxylic acids is 1. The van der Waals surface area contributed by atoms with Crippen LogP contribution in [0, 0.1) is 13.8 Å². The Labute approximate surface area is 125 Å². The number of nitrogens with two attached hydrogens (primary N) is 1. The Morgan fingerprint density at radius 2 is 1.90 bits per heavy atom. The quantitative estimate of drug-likeness (QED) is 0.875. The molecule has 0 saturated heterocycles. The molecule has 2 rings (SSSR count). The number of aromatic nitrogens is 1. The zero-order chi connectivity index (χ0) is 15.4. The van der Waals surface area contributed by atoms with Gasteiger partial charge in [-0.3, -0.25) is 9.78 Å². The Morgan fingerprint density at radius 3 is 2.52 bits per heavy atom. The fraction of sp³-hybridized carbons (Fsp3) is 0.294. The number of rotatable bonds is 4. The van der Waals surface area contributed by atoms with E-state index in [1.165, 1.54) is 0 Å². The molecule has 0 spiro atoms. The molecule has 1 aromatic carbocycles. The van der Waals surface area contributed by atoms with Crippen LogP contribution in [0.15, 0.2) is 36.4 Å². The van der Waals surface area contributed by atoms with Crippen LogP contribution in [0.5, 0.6) is 0 Å². The number of pyridine rings is 1. The smallest absolute Gasteiger partial charge is 0.260 e. The molecular weight excluding hydrogens is 262 g/mol. The fourth-order valence-corrected chi connectivity index (χ4v) is 2.35. The van der Waals surface area contributed by atoms with E-state index in [4.69, 9.17) is 5.73 Å². The van der Waals surface area contributed by atoms with Crippen molar-refractivity contribution in [3.63, 3.8) is 0 Å². The summed E-state index contributed by atoms with van der Waals surface area (Å²) < 4.78 is 0. The van der Waals surface area contributed by atoms with Gasteiger partial charge in [0.15, 0.2) is 0 Å². The van der Waals surface area contributed by atoms with Crippen LogP contribution in [0.3, 0.4) is 0 Å². The fourth-order valence-electron chi connectivity index (χ4n) is 2.35. The van der Waals surface area contributed by atoms with E-state index >= 15 is 0 Å². The summed E-state index contributed by atoms with van der Waals surface area (Å²) in [6.07, 6.45) is 0.860. The van der Waals surface area contributed by atoms with Gasteiger partial charge in [-0.1, -0.05) is 19.1 Å². The van der Waals surface area contributed by atoms with E-state index in [1.807, 2.05) is 57.2 Å². The molecule has 4 heteroatoms. The van der Waals surface area contributed by atoms with Crippen molar-refractivity contribution in [2.45, 2.75) is 27.2 Å². The standard InChI is InChI=1S/C17H21N3O/c1-4-11-20(16-8-6-5-7-15(16)18)17(21)14-10-9-12(2)19-13(14)3/h5-10H,4,11,18H2,1-3H3. The van der Waals surface area contributed by atoms with Crippen molar-refractivity contribution in [3.8, 4) is 0 Å². The van der Waals surface area contributed by atoms with E-state index in [-0.39, 0.29) is 5.91 Å². The highest BCUT2D eigenvalue weighted by atomic mass is 16.2. The van der Waals surface area contributed by atoms with Gasteiger partial charge >= 0.3 is 0 Å². The van der Waals surface area contributed by atoms with Crippen molar-refractivity contribution in [1.82, 2.24) is 4.98 Å². The van der Waals surface area contributed by atoms with Gasteiger partial charge in [0.05, 0.1) is 22.6 Å². The van der Waals surface area contributed by atoms with Gasteiger partial charge in [-0.15, -0.1) is 0 Å². The van der Waals surface area contributed by atoms with Gasteiger partial charge in [0.1, 0.15) is 0 Å². The molecule has 21 heavy (non-hydrogen) atoms. The molecule has 0 radical (unpaired) electrons. The molecule has 2 aromatic rings. The number of nitrogens with zero attached hydrogens (tertiary/aromatic N) is 2. The summed E-state index contributed by atoms with van der Waals surface area (Å²) in [4.78, 5) is 19.0. The second-order valence-electron chi connectivity index (χ2n) is 5.10. The molecule has 0 fully saturated rings. The minimum absolute atomic E-state index is 0.0558. The maximum atomic E-state index is 12.8. The number of para-hydroxylation sites is 2. The molecule has 0 aliphatic heterocycles. The molecule has 0 aliphatic carbocycles. The van der Waals surface area contributed by atoms with Crippen LogP contribution >= 0.6 is 0 Å². The van der Waals surface area contributed by atoms with Gasteiger partial charge in [-0.2, -0.15) is 0 Å². The van der Waals surface area contributed by atoms with Gasteiger partial charge in [-0.25, -0.2) is 0 Å². The van der Waals surface area contributed by atoms with E-state index in [2.05, 4.69) is 4.98 Å². The third-order valence-corrected chi connectivity index (χ3v) is 3.38. The molecule has 0 aliphatic rings. The van der Waals surface area contributed by atoms with Crippen LogP contribution in [0.25, 0.3) is 0 Å². The predicted octanol–water partition coefficient (Wildman–Crippen LogP) is 3.34. The zero-order valence-electron chi connectivity index (χ0n) is 12.8. The first-order valence-corrected chi connectivity index (χ1v) is 7.15. The van der Waals surface area contributed by atoms with E-state index in [1.54, 1.807) is 4.90 Å². The first-order valence-electron chi connectivity index (χ1n) is 7.15. The summed E-state index contributed by atoms with van der Waals surface area (Å²) in [5, 5.41) is 0. The van der Waals surface area contributed by atoms with Crippen LogP contribution < -0.4 is 10.6 Å². The number of nitrogen functional groups attached to an aromatic ring is 1. The molecule has 1 amide bonds. The van der Waals surface area contributed by atoms with Gasteiger partial charge in [0.2, 0.25) is 0 Å². The summed E-state index contributed by atoms with van der Waals surface area (Å²) >= 11 is 0. The summed E-state index contributed by atoms with van der Waals surface area (Å²) in [5.41, 5.74) is 9.66. The third-order valence-electron chi connectivity index (χ3n) is 3.38. The van der Waals surface area contributed by atoms with Crippen LogP contribution in [-0.4, -0.2) is 17.4 Å². The summed E-state index contributed by atoms with van der Waals surface area (Å²) in [7, 11) is 0. The van der Waals surface area contributed by atoms with Gasteiger partial charge in [0.25, 0.3) is 5.91 Å². The first kappa shape index (κ1) is 15.0. The molecule has 1 aromatic heterocycles. The molecule has 2 N–H and O–H groups in total. The van der Waals surface area contributed by atoms with Crippen LogP contribution in [0.4, 0.5) is 11.4 Å². The lowest BCUT2D eigenvalue weighted by atomic mass is 10.1. The van der Waals surface area contributed by atoms with Gasteiger partial charge in [-0.05, 0) is 44.5 Å². The number of aryl methyl sites for hydroxylation is 2. The van der Waals surface area contributed by atoms with Crippen LogP contribution in [0.2, 0.25) is 0 Å². The predicted molar refractivity (Wildman–Crippen MR) is 86.5 cm³/mol. The molecule has 1 heterocycles. The third kappa shape index (κ3) is 3.21. The first-order chi connectivity index (χ1) is 10.0. The largest absolute Gasteiger partial charge is 0.397 e. The van der Waals surface area contributed by atoms with Crippen molar-refractivity contribution in [2.75, 3.05) is 17.2 Å². The zero-order valence-corrected chi connectivity index (χ0v) is 12.8. The van der Waals surface area contributed by atoms with E-state index in [0.29, 0.717) is 17.8 Å². The minimum atomic E-state index is -0.0558. The highest BCUT2D eigenvalue weighted by Gasteiger charge is 2.20. The second-order valence-corrected chi connectivity index (χ2v) is 5.10. The Balaban J connectivity index is 2.43. The van der Waals surface area contributed by atoms with Crippen LogP contribution in [0.1, 0.15) is 35.1 Å². The Hall–Kier alpha value is -2.36. The number of amides is 1. The monoisotopic (exact) mass is 283 g/mol. The molecule has 4 nitrogen and oxygen atoms in total. The highest BCUT2D eigenvalue weighted by molar-refractivity contribution is 6.08. The maximum absolute atomic E-state index is 12.8. The second kappa shape index (κ2) is 6.39. The molecule has 0 unspecified atom stereocenters. The normalized spacial score (nSPS) is 10.4. The molecule has 0 atom stereocenters. The van der Waals surface area contributed by atoms with Crippen molar-refractivity contribution < 1.29 is 4.79 Å². The van der Waals surface area contributed by atoms with Crippen LogP contribution in [-0.2, 0) is 0 Å². The minimum Gasteiger partial charge on any atom is -0.397 e. The lowest BCUT2D eigenvalue weighted by Gasteiger charge is -2.24. The van der Waals surface area contributed by atoms with Crippen molar-refractivity contribution in [1.29, 1.82) is 0 Å². The summed E-state index contributed by atoms with van der Waals surface area (Å²) in [6.45, 7) is 6.44. The Bertz CT molecular complexity index is 652. The maximum Gasteiger partial charge on any atom is 0.260 e. The van der Waals surface area contributed by atoms with Gasteiger partial charge in [0, 0.05) is 12.2 Å². The molecule has 0 bridgehead atoms. The lowest BCUT2D eigenvalue weighted by Crippen LogP contribution is -2.33. The number of anilines is 2. The SMILES string of the molecule is CCCN(C(=O)c1ccc(C)nc1C)c1ccccc1N. The van der Waals surface area contributed by atoms with Gasteiger partial charge < -0.3 is 10.6 Å². The van der Waals surface area contributed by atoms with Crippen molar-refractivity contribution in [2.24, 2.45) is 0 Å². The van der Waals surface area contributed by atoms with Crippen molar-refractivity contribution >= 4 is 17.3 Å². The number of hydrogen-bond donors (Lipinski definition) is 1. The Kier molecular flexibility index (Phi) is 4.58. The highest BCUT2D eigenvalue weighted by Crippen LogP contribution is 2.25.